The molecule has 1 fully saturated rings. The van der Waals surface area contributed by atoms with Crippen molar-refractivity contribution in [1.29, 1.82) is 0 Å². The molecule has 0 unspecified atom stereocenters. The molecule has 154 valence electrons. The number of ether oxygens (including phenoxy) is 1. The number of hydrogen-bond donors (Lipinski definition) is 2. The van der Waals surface area contributed by atoms with Gasteiger partial charge in [0.2, 0.25) is 0 Å². The number of halogens is 1. The van der Waals surface area contributed by atoms with Crippen molar-refractivity contribution in [3.05, 3.63) is 41.4 Å². The lowest BCUT2D eigenvalue weighted by atomic mass is 9.81. The largest absolute Gasteiger partial charge is 0.469 e. The predicted molar refractivity (Wildman–Crippen MR) is 114 cm³/mol. The topological polar surface area (TPSA) is 111 Å². The van der Waals surface area contributed by atoms with Crippen LogP contribution in [0.1, 0.15) is 37.4 Å². The van der Waals surface area contributed by atoms with E-state index in [4.69, 9.17) is 27.1 Å². The van der Waals surface area contributed by atoms with E-state index in [1.54, 1.807) is 4.52 Å². The molecule has 1 saturated carbocycles. The number of nitrogens with one attached hydrogen (secondary N) is 1. The molecule has 0 saturated heterocycles. The lowest BCUT2D eigenvalue weighted by molar-refractivity contribution is -0.146. The van der Waals surface area contributed by atoms with Crippen LogP contribution in [0, 0.1) is 5.92 Å². The Hall–Kier alpha value is -3.13. The third-order valence-electron chi connectivity index (χ3n) is 5.97. The van der Waals surface area contributed by atoms with E-state index in [9.17, 15) is 4.79 Å². The van der Waals surface area contributed by atoms with Crippen molar-refractivity contribution in [3.63, 3.8) is 0 Å². The molecule has 0 amide bonds. The van der Waals surface area contributed by atoms with Crippen molar-refractivity contribution in [1.82, 2.24) is 24.6 Å². The number of nitrogens with two attached hydrogens (primary N) is 1. The van der Waals surface area contributed by atoms with Gasteiger partial charge in [-0.05, 0) is 37.8 Å². The van der Waals surface area contributed by atoms with Gasteiger partial charge in [0.1, 0.15) is 23.4 Å². The number of hydrogen-bond acceptors (Lipinski definition) is 6. The normalized spacial score (nSPS) is 19.4. The van der Waals surface area contributed by atoms with Crippen LogP contribution < -0.4 is 5.73 Å². The molecule has 0 radical (unpaired) electrons. The number of anilines is 1. The van der Waals surface area contributed by atoms with Crippen molar-refractivity contribution >= 4 is 39.8 Å². The number of fused-ring (bicyclic) bond motifs is 2. The first-order valence-electron chi connectivity index (χ1n) is 9.91. The Morgan fingerprint density at radius 2 is 2.10 bits per heavy atom. The van der Waals surface area contributed by atoms with Crippen LogP contribution in [0.4, 0.5) is 5.82 Å². The number of benzene rings is 1. The number of esters is 1. The minimum atomic E-state index is -0.136. The summed E-state index contributed by atoms with van der Waals surface area (Å²) in [7, 11) is 1.44. The Kier molecular flexibility index (Phi) is 4.58. The Labute approximate surface area is 177 Å². The maximum Gasteiger partial charge on any atom is 0.308 e. The summed E-state index contributed by atoms with van der Waals surface area (Å²) in [6.45, 7) is 0. The zero-order valence-corrected chi connectivity index (χ0v) is 17.2. The number of carbonyl (C=O) groups is 1. The van der Waals surface area contributed by atoms with Gasteiger partial charge in [0.15, 0.2) is 5.82 Å². The fraction of sp³-hybridized carbons (Fsp3) is 0.333. The van der Waals surface area contributed by atoms with Crippen LogP contribution in [0.25, 0.3) is 27.8 Å². The molecule has 3 aromatic heterocycles. The maximum absolute atomic E-state index is 11.9. The van der Waals surface area contributed by atoms with Crippen molar-refractivity contribution in [2.75, 3.05) is 12.8 Å². The van der Waals surface area contributed by atoms with Gasteiger partial charge in [-0.3, -0.25) is 4.79 Å². The zero-order valence-electron chi connectivity index (χ0n) is 16.4. The number of carbonyl (C=O) groups excluding carboxylic acids is 1. The smallest absolute Gasteiger partial charge is 0.308 e. The van der Waals surface area contributed by atoms with Gasteiger partial charge in [0.05, 0.1) is 29.3 Å². The van der Waals surface area contributed by atoms with E-state index < -0.39 is 0 Å². The number of H-pyrrole nitrogens is 1. The summed E-state index contributed by atoms with van der Waals surface area (Å²) in [5.74, 6) is 1.19. The molecule has 1 aliphatic carbocycles. The van der Waals surface area contributed by atoms with Crippen molar-refractivity contribution in [2.24, 2.45) is 5.92 Å². The first-order chi connectivity index (χ1) is 14.6. The fourth-order valence-electron chi connectivity index (χ4n) is 4.43. The highest BCUT2D eigenvalue weighted by Crippen LogP contribution is 2.39. The molecular weight excluding hydrogens is 404 g/mol. The van der Waals surface area contributed by atoms with E-state index in [-0.39, 0.29) is 17.8 Å². The van der Waals surface area contributed by atoms with Crippen LogP contribution in [0.5, 0.6) is 0 Å². The van der Waals surface area contributed by atoms with Gasteiger partial charge in [-0.1, -0.05) is 23.7 Å². The van der Waals surface area contributed by atoms with Gasteiger partial charge in [-0.2, -0.15) is 5.10 Å². The van der Waals surface area contributed by atoms with Gasteiger partial charge in [0.25, 0.3) is 0 Å². The lowest BCUT2D eigenvalue weighted by Crippen LogP contribution is -2.23. The number of aromatic nitrogens is 5. The number of imidazole rings is 1. The second-order valence-electron chi connectivity index (χ2n) is 7.68. The summed E-state index contributed by atoms with van der Waals surface area (Å²) in [6.07, 6.45) is 4.65. The summed E-state index contributed by atoms with van der Waals surface area (Å²) < 4.78 is 6.69. The molecule has 5 rings (SSSR count). The van der Waals surface area contributed by atoms with E-state index in [1.165, 1.54) is 13.4 Å². The molecule has 30 heavy (non-hydrogen) atoms. The van der Waals surface area contributed by atoms with Crippen molar-refractivity contribution in [3.8, 4) is 11.4 Å². The van der Waals surface area contributed by atoms with Crippen LogP contribution >= 0.6 is 11.6 Å². The Morgan fingerprint density at radius 1 is 1.30 bits per heavy atom. The number of rotatable bonds is 3. The van der Waals surface area contributed by atoms with E-state index >= 15 is 0 Å². The van der Waals surface area contributed by atoms with E-state index in [0.717, 1.165) is 48.1 Å². The van der Waals surface area contributed by atoms with Crippen LogP contribution in [0.2, 0.25) is 5.02 Å². The van der Waals surface area contributed by atoms with Gasteiger partial charge in [0, 0.05) is 11.3 Å². The first-order valence-corrected chi connectivity index (χ1v) is 10.3. The molecule has 8 nitrogen and oxygen atoms in total. The average Bonchev–Trinajstić information content (AvgIpc) is 3.37. The maximum atomic E-state index is 11.9. The monoisotopic (exact) mass is 424 g/mol. The van der Waals surface area contributed by atoms with E-state index in [2.05, 4.69) is 15.1 Å². The molecule has 9 heteroatoms. The number of methoxy groups -OCH3 is 1. The SMILES string of the molecule is COC(=O)[C@H]1CC[C@@H](c2nc(-c3cc4cccc(Cl)c4[nH]3)c3c(N)ncnn32)CC1. The van der Waals surface area contributed by atoms with E-state index in [0.29, 0.717) is 22.1 Å². The summed E-state index contributed by atoms with van der Waals surface area (Å²) >= 11 is 6.34. The molecular formula is C21H21ClN6O2. The molecule has 0 aliphatic heterocycles. The average molecular weight is 425 g/mol. The lowest BCUT2D eigenvalue weighted by Gasteiger charge is -2.25. The quantitative estimate of drug-likeness (QED) is 0.481. The Bertz CT molecular complexity index is 1260. The highest BCUT2D eigenvalue weighted by molar-refractivity contribution is 6.35. The molecule has 0 atom stereocenters. The predicted octanol–water partition coefficient (Wildman–Crippen LogP) is 3.96. The molecule has 0 spiro atoms. The van der Waals surface area contributed by atoms with Crippen LogP contribution in [0.3, 0.4) is 0 Å². The molecule has 4 aromatic rings. The van der Waals surface area contributed by atoms with Gasteiger partial charge in [-0.15, -0.1) is 0 Å². The van der Waals surface area contributed by atoms with Gasteiger partial charge < -0.3 is 15.5 Å². The summed E-state index contributed by atoms with van der Waals surface area (Å²) in [5, 5.41) is 6.08. The standard InChI is InChI=1S/C21H21ClN6O2/c1-30-21(29)12-7-5-11(6-8-12)20-27-17(18-19(23)24-10-25-28(18)20)15-9-13-3-2-4-14(22)16(13)26-15/h2-4,9-12,26H,5-8H2,1H3,(H2,23,24,25)/t11-,12+. The highest BCUT2D eigenvalue weighted by Gasteiger charge is 2.31. The first kappa shape index (κ1) is 18.9. The van der Waals surface area contributed by atoms with Crippen LogP contribution in [-0.4, -0.2) is 37.6 Å². The molecule has 3 heterocycles. The number of nitrogen functional groups attached to an aromatic ring is 1. The number of nitrogens with zero attached hydrogens (tertiary/aromatic N) is 4. The molecule has 1 aromatic carbocycles. The minimum Gasteiger partial charge on any atom is -0.469 e. The Morgan fingerprint density at radius 3 is 2.83 bits per heavy atom. The third kappa shape index (κ3) is 2.99. The second kappa shape index (κ2) is 7.28. The number of para-hydroxylation sites is 1. The summed E-state index contributed by atoms with van der Waals surface area (Å²) in [5.41, 5.74) is 9.26. The van der Waals surface area contributed by atoms with Crippen LogP contribution in [0.15, 0.2) is 30.6 Å². The van der Waals surface area contributed by atoms with Crippen molar-refractivity contribution < 1.29 is 9.53 Å². The summed E-state index contributed by atoms with van der Waals surface area (Å²) in [6, 6.07) is 7.76. The van der Waals surface area contributed by atoms with E-state index in [1.807, 2.05) is 24.3 Å². The van der Waals surface area contributed by atoms with Crippen molar-refractivity contribution in [2.45, 2.75) is 31.6 Å². The number of aromatic amines is 1. The highest BCUT2D eigenvalue weighted by atomic mass is 35.5. The second-order valence-corrected chi connectivity index (χ2v) is 8.09. The molecule has 0 bridgehead atoms. The van der Waals surface area contributed by atoms with Gasteiger partial charge in [-0.25, -0.2) is 14.5 Å². The fourth-order valence-corrected chi connectivity index (χ4v) is 4.66. The van der Waals surface area contributed by atoms with Crippen LogP contribution in [-0.2, 0) is 9.53 Å². The Balaban J connectivity index is 1.59. The zero-order chi connectivity index (χ0) is 20.8. The van der Waals surface area contributed by atoms with Gasteiger partial charge >= 0.3 is 5.97 Å². The molecule has 3 N–H and O–H groups in total. The minimum absolute atomic E-state index is 0.0486. The summed E-state index contributed by atoms with van der Waals surface area (Å²) in [4.78, 5) is 24.4. The molecule has 1 aliphatic rings. The third-order valence-corrected chi connectivity index (χ3v) is 6.29.